The van der Waals surface area contributed by atoms with E-state index in [2.05, 4.69) is 9.88 Å². The Balaban J connectivity index is 1.51. The van der Waals surface area contributed by atoms with Crippen LogP contribution in [0.5, 0.6) is 5.75 Å². The molecule has 1 saturated heterocycles. The number of carbonyl (C=O) groups excluding carboxylic acids is 1. The number of nitrogens with zero attached hydrogens (tertiary/aromatic N) is 1. The van der Waals surface area contributed by atoms with Crippen molar-refractivity contribution < 1.29 is 14.6 Å². The lowest BCUT2D eigenvalue weighted by molar-refractivity contribution is -0.0414. The minimum Gasteiger partial charge on any atom is -0.508 e. The summed E-state index contributed by atoms with van der Waals surface area (Å²) < 4.78 is 6.01. The monoisotopic (exact) mass is 412 g/mol. The molecule has 0 amide bonds. The van der Waals surface area contributed by atoms with Crippen LogP contribution < -0.4 is 0 Å². The number of aromatic nitrogens is 1. The highest BCUT2D eigenvalue weighted by Crippen LogP contribution is 2.33. The summed E-state index contributed by atoms with van der Waals surface area (Å²) in [5.41, 5.74) is 3.53. The maximum Gasteiger partial charge on any atom is 0.186 e. The number of phenols is 1. The number of ether oxygens (including phenoxy) is 1. The van der Waals surface area contributed by atoms with Crippen molar-refractivity contribution in [3.05, 3.63) is 102 Å². The lowest BCUT2D eigenvalue weighted by Gasteiger charge is -2.38. The predicted octanol–water partition coefficient (Wildman–Crippen LogP) is 4.87. The van der Waals surface area contributed by atoms with Crippen molar-refractivity contribution in [1.29, 1.82) is 0 Å². The molecular weight excluding hydrogens is 388 g/mol. The van der Waals surface area contributed by atoms with E-state index in [4.69, 9.17) is 4.74 Å². The van der Waals surface area contributed by atoms with Crippen LogP contribution in [-0.2, 0) is 4.74 Å². The summed E-state index contributed by atoms with van der Waals surface area (Å²) in [6.45, 7) is 1.74. The van der Waals surface area contributed by atoms with Crippen LogP contribution >= 0.6 is 0 Å². The Morgan fingerprint density at radius 3 is 2.68 bits per heavy atom. The van der Waals surface area contributed by atoms with Gasteiger partial charge in [-0.1, -0.05) is 60.7 Å². The first kappa shape index (κ1) is 19.5. The SMILES string of the molecule is O=C(c1c[nH]c2ccccc12)C(c1ccccc1)N1CCOC(c2cccc(O)c2)C1. The summed E-state index contributed by atoms with van der Waals surface area (Å²) in [4.78, 5) is 19.3. The van der Waals surface area contributed by atoms with Crippen molar-refractivity contribution in [3.8, 4) is 5.75 Å². The number of benzene rings is 3. The zero-order valence-electron chi connectivity index (χ0n) is 17.1. The molecule has 0 bridgehead atoms. The Bertz CT molecular complexity index is 1200. The van der Waals surface area contributed by atoms with E-state index in [1.807, 2.05) is 72.9 Å². The maximum atomic E-state index is 13.9. The molecule has 2 atom stereocenters. The number of rotatable bonds is 5. The number of phenolic OH excluding ortho intramolecular Hbond substituents is 1. The summed E-state index contributed by atoms with van der Waals surface area (Å²) in [5, 5.41) is 10.8. The number of H-pyrrole nitrogens is 1. The first-order valence-electron chi connectivity index (χ1n) is 10.5. The van der Waals surface area contributed by atoms with Gasteiger partial charge >= 0.3 is 0 Å². The molecule has 2 N–H and O–H groups in total. The third kappa shape index (κ3) is 3.85. The Hall–Kier alpha value is -3.41. The molecule has 1 aliphatic rings. The number of Topliss-reactive ketones (excluding diaryl/α,β-unsaturated/α-hetero) is 1. The molecule has 2 heterocycles. The molecule has 0 radical (unpaired) electrons. The number of para-hydroxylation sites is 1. The van der Waals surface area contributed by atoms with Crippen molar-refractivity contribution in [3.63, 3.8) is 0 Å². The highest BCUT2D eigenvalue weighted by atomic mass is 16.5. The van der Waals surface area contributed by atoms with Crippen LogP contribution in [0.4, 0.5) is 0 Å². The molecule has 0 saturated carbocycles. The lowest BCUT2D eigenvalue weighted by Crippen LogP contribution is -2.43. The van der Waals surface area contributed by atoms with Crippen LogP contribution in [0.25, 0.3) is 10.9 Å². The van der Waals surface area contributed by atoms with Gasteiger partial charge in [0.2, 0.25) is 0 Å². The van der Waals surface area contributed by atoms with Crippen molar-refractivity contribution in [2.75, 3.05) is 19.7 Å². The van der Waals surface area contributed by atoms with Crippen LogP contribution in [0.3, 0.4) is 0 Å². The Morgan fingerprint density at radius 2 is 1.84 bits per heavy atom. The molecule has 0 aliphatic carbocycles. The van der Waals surface area contributed by atoms with Crippen LogP contribution in [0, 0.1) is 0 Å². The quantitative estimate of drug-likeness (QED) is 0.459. The number of fused-ring (bicyclic) bond motifs is 1. The van der Waals surface area contributed by atoms with Gasteiger partial charge < -0.3 is 14.8 Å². The number of ketones is 1. The van der Waals surface area contributed by atoms with Gasteiger partial charge in [-0.2, -0.15) is 0 Å². The van der Waals surface area contributed by atoms with Crippen molar-refractivity contribution in [2.24, 2.45) is 0 Å². The normalized spacial score (nSPS) is 18.1. The second-order valence-electron chi connectivity index (χ2n) is 7.87. The van der Waals surface area contributed by atoms with E-state index in [0.717, 1.165) is 22.0 Å². The molecule has 2 unspecified atom stereocenters. The molecular formula is C26H24N2O3. The van der Waals surface area contributed by atoms with E-state index in [-0.39, 0.29) is 17.6 Å². The Labute approximate surface area is 180 Å². The Morgan fingerprint density at radius 1 is 1.03 bits per heavy atom. The third-order valence-corrected chi connectivity index (χ3v) is 5.92. The van der Waals surface area contributed by atoms with E-state index in [0.29, 0.717) is 25.3 Å². The fourth-order valence-electron chi connectivity index (χ4n) is 4.42. The predicted molar refractivity (Wildman–Crippen MR) is 120 cm³/mol. The number of aromatic amines is 1. The van der Waals surface area contributed by atoms with E-state index in [9.17, 15) is 9.90 Å². The lowest BCUT2D eigenvalue weighted by atomic mass is 9.94. The van der Waals surface area contributed by atoms with Gasteiger partial charge in [0.1, 0.15) is 5.75 Å². The van der Waals surface area contributed by atoms with Gasteiger partial charge in [-0.25, -0.2) is 0 Å². The second kappa shape index (κ2) is 8.38. The van der Waals surface area contributed by atoms with Crippen molar-refractivity contribution in [1.82, 2.24) is 9.88 Å². The number of hydrogen-bond acceptors (Lipinski definition) is 4. The topological polar surface area (TPSA) is 65.6 Å². The average Bonchev–Trinajstić information content (AvgIpc) is 3.24. The molecule has 5 heteroatoms. The fourth-order valence-corrected chi connectivity index (χ4v) is 4.42. The second-order valence-corrected chi connectivity index (χ2v) is 7.87. The van der Waals surface area contributed by atoms with Gasteiger partial charge in [0.25, 0.3) is 0 Å². The number of aromatic hydroxyl groups is 1. The summed E-state index contributed by atoms with van der Waals surface area (Å²) in [5.74, 6) is 0.285. The van der Waals surface area contributed by atoms with Gasteiger partial charge in [0, 0.05) is 35.8 Å². The fraction of sp³-hybridized carbons (Fsp3) is 0.192. The molecule has 4 aromatic rings. The van der Waals surface area contributed by atoms with Gasteiger partial charge in [-0.05, 0) is 29.3 Å². The molecule has 3 aromatic carbocycles. The highest BCUT2D eigenvalue weighted by molar-refractivity contribution is 6.10. The van der Waals surface area contributed by atoms with Gasteiger partial charge in [-0.3, -0.25) is 9.69 Å². The molecule has 5 rings (SSSR count). The summed E-state index contributed by atoms with van der Waals surface area (Å²) in [6.07, 6.45) is 1.61. The molecule has 1 aliphatic heterocycles. The smallest absolute Gasteiger partial charge is 0.186 e. The molecule has 156 valence electrons. The highest BCUT2D eigenvalue weighted by Gasteiger charge is 2.34. The number of hydrogen-bond donors (Lipinski definition) is 2. The third-order valence-electron chi connectivity index (χ3n) is 5.92. The van der Waals surface area contributed by atoms with Crippen LogP contribution in [0.15, 0.2) is 85.1 Å². The van der Waals surface area contributed by atoms with E-state index in [1.165, 1.54) is 0 Å². The molecule has 5 nitrogen and oxygen atoms in total. The molecule has 31 heavy (non-hydrogen) atoms. The minimum absolute atomic E-state index is 0.0696. The van der Waals surface area contributed by atoms with Gasteiger partial charge in [-0.15, -0.1) is 0 Å². The van der Waals surface area contributed by atoms with Gasteiger partial charge in [0.15, 0.2) is 5.78 Å². The van der Waals surface area contributed by atoms with Crippen molar-refractivity contribution >= 4 is 16.7 Å². The largest absolute Gasteiger partial charge is 0.508 e. The zero-order chi connectivity index (χ0) is 21.2. The Kier molecular flexibility index (Phi) is 5.28. The average molecular weight is 412 g/mol. The van der Waals surface area contributed by atoms with E-state index in [1.54, 1.807) is 12.1 Å². The molecule has 0 spiro atoms. The number of morpholine rings is 1. The zero-order valence-corrected chi connectivity index (χ0v) is 17.1. The minimum atomic E-state index is -0.413. The standard InChI is InChI=1S/C26H24N2O3/c29-20-10-6-9-19(15-20)24-17-28(13-14-31-24)25(18-7-2-1-3-8-18)26(30)22-16-27-23-12-5-4-11-21(22)23/h1-12,15-16,24-25,27,29H,13-14,17H2. The maximum absolute atomic E-state index is 13.9. The first-order valence-corrected chi connectivity index (χ1v) is 10.5. The molecule has 1 aromatic heterocycles. The summed E-state index contributed by atoms with van der Waals surface area (Å²) >= 11 is 0. The summed E-state index contributed by atoms with van der Waals surface area (Å²) in [7, 11) is 0. The summed E-state index contributed by atoms with van der Waals surface area (Å²) in [6, 6.07) is 24.5. The number of nitrogens with one attached hydrogen (secondary N) is 1. The molecule has 1 fully saturated rings. The van der Waals surface area contributed by atoms with E-state index >= 15 is 0 Å². The van der Waals surface area contributed by atoms with Crippen molar-refractivity contribution in [2.45, 2.75) is 12.1 Å². The number of carbonyl (C=O) groups is 1. The van der Waals surface area contributed by atoms with Crippen LogP contribution in [-0.4, -0.2) is 40.5 Å². The van der Waals surface area contributed by atoms with E-state index < -0.39 is 6.04 Å². The first-order chi connectivity index (χ1) is 15.2. The van der Waals surface area contributed by atoms with Gasteiger partial charge in [0.05, 0.1) is 18.8 Å². The van der Waals surface area contributed by atoms with Crippen LogP contribution in [0.1, 0.15) is 33.6 Å². The van der Waals surface area contributed by atoms with Crippen LogP contribution in [0.2, 0.25) is 0 Å².